The first-order chi connectivity index (χ1) is 9.06. The molecule has 1 saturated heterocycles. The van der Waals surface area contributed by atoms with Crippen molar-refractivity contribution in [3.63, 3.8) is 0 Å². The maximum absolute atomic E-state index is 13.1. The van der Waals surface area contributed by atoms with Crippen LogP contribution < -0.4 is 0 Å². The van der Waals surface area contributed by atoms with Gasteiger partial charge in [-0.1, -0.05) is 6.07 Å². The Balaban J connectivity index is 1.96. The van der Waals surface area contributed by atoms with Crippen LogP contribution in [0.2, 0.25) is 0 Å². The highest BCUT2D eigenvalue weighted by Crippen LogP contribution is 2.18. The van der Waals surface area contributed by atoms with E-state index in [1.165, 1.54) is 24.8 Å². The molecule has 0 spiro atoms. The second kappa shape index (κ2) is 6.49. The van der Waals surface area contributed by atoms with Crippen LogP contribution in [0.5, 0.6) is 0 Å². The van der Waals surface area contributed by atoms with Crippen molar-refractivity contribution < 1.29 is 4.39 Å². The number of likely N-dealkylation sites (tertiary alicyclic amines) is 1. The molecule has 0 aromatic heterocycles. The topological polar surface area (TPSA) is 6.48 Å². The van der Waals surface area contributed by atoms with Crippen molar-refractivity contribution in [1.29, 1.82) is 0 Å². The molecule has 0 N–H and O–H groups in total. The smallest absolute Gasteiger partial charge is 0.123 e. The van der Waals surface area contributed by atoms with Crippen molar-refractivity contribution >= 4 is 0 Å². The number of aryl methyl sites for hydroxylation is 1. The number of halogens is 1. The average molecular weight is 264 g/mol. The molecule has 2 nitrogen and oxygen atoms in total. The minimum atomic E-state index is -0.134. The maximum atomic E-state index is 13.1. The highest BCUT2D eigenvalue weighted by molar-refractivity contribution is 5.26. The van der Waals surface area contributed by atoms with Crippen molar-refractivity contribution in [1.82, 2.24) is 9.80 Å². The van der Waals surface area contributed by atoms with Gasteiger partial charge in [0.05, 0.1) is 0 Å². The third-order valence-electron chi connectivity index (χ3n) is 4.22. The predicted molar refractivity (Wildman–Crippen MR) is 77.7 cm³/mol. The van der Waals surface area contributed by atoms with Gasteiger partial charge >= 0.3 is 0 Å². The van der Waals surface area contributed by atoms with Gasteiger partial charge < -0.3 is 4.90 Å². The second-order valence-corrected chi connectivity index (χ2v) is 5.90. The third kappa shape index (κ3) is 4.02. The Labute approximate surface area is 116 Å². The summed E-state index contributed by atoms with van der Waals surface area (Å²) < 4.78 is 13.1. The Bertz CT molecular complexity index is 417. The van der Waals surface area contributed by atoms with E-state index in [0.29, 0.717) is 6.04 Å². The molecule has 1 aliphatic rings. The molecule has 0 bridgehead atoms. The summed E-state index contributed by atoms with van der Waals surface area (Å²) in [4.78, 5) is 4.84. The maximum Gasteiger partial charge on any atom is 0.123 e. The molecule has 1 aromatic carbocycles. The van der Waals surface area contributed by atoms with Gasteiger partial charge in [0.15, 0.2) is 0 Å². The summed E-state index contributed by atoms with van der Waals surface area (Å²) in [6, 6.07) is 5.84. The largest absolute Gasteiger partial charge is 0.306 e. The Morgan fingerprint density at radius 1 is 1.26 bits per heavy atom. The standard InChI is InChI=1S/C16H25FN2/c1-13-11-15(17)7-6-14(13)12-19-9-4-5-16(8-10-19)18(2)3/h6-7,11,16H,4-5,8-10,12H2,1-3H3. The van der Waals surface area contributed by atoms with Gasteiger partial charge in [-0.05, 0) is 76.6 Å². The normalized spacial score (nSPS) is 21.6. The van der Waals surface area contributed by atoms with Gasteiger partial charge in [-0.25, -0.2) is 4.39 Å². The van der Waals surface area contributed by atoms with Gasteiger partial charge in [0.2, 0.25) is 0 Å². The van der Waals surface area contributed by atoms with Gasteiger partial charge in [0, 0.05) is 12.6 Å². The molecule has 1 fully saturated rings. The van der Waals surface area contributed by atoms with E-state index in [-0.39, 0.29) is 5.82 Å². The van der Waals surface area contributed by atoms with Crippen molar-refractivity contribution in [2.45, 2.75) is 38.8 Å². The number of nitrogens with zero attached hydrogens (tertiary/aromatic N) is 2. The van der Waals surface area contributed by atoms with Crippen LogP contribution >= 0.6 is 0 Å². The van der Waals surface area contributed by atoms with Crippen LogP contribution in [0.25, 0.3) is 0 Å². The molecule has 19 heavy (non-hydrogen) atoms. The molecule has 1 aliphatic heterocycles. The Morgan fingerprint density at radius 2 is 2.05 bits per heavy atom. The van der Waals surface area contributed by atoms with E-state index in [1.807, 2.05) is 13.0 Å². The van der Waals surface area contributed by atoms with Gasteiger partial charge in [-0.15, -0.1) is 0 Å². The quantitative estimate of drug-likeness (QED) is 0.828. The monoisotopic (exact) mass is 264 g/mol. The van der Waals surface area contributed by atoms with E-state index in [1.54, 1.807) is 12.1 Å². The summed E-state index contributed by atoms with van der Waals surface area (Å²) >= 11 is 0. The molecule has 1 aromatic rings. The van der Waals surface area contributed by atoms with E-state index in [9.17, 15) is 4.39 Å². The molecule has 3 heteroatoms. The molecule has 1 unspecified atom stereocenters. The third-order valence-corrected chi connectivity index (χ3v) is 4.22. The van der Waals surface area contributed by atoms with Crippen molar-refractivity contribution in [2.75, 3.05) is 27.2 Å². The molecular weight excluding hydrogens is 239 g/mol. The van der Waals surface area contributed by atoms with Crippen LogP contribution in [0, 0.1) is 12.7 Å². The lowest BCUT2D eigenvalue weighted by molar-refractivity contribution is 0.245. The molecule has 1 atom stereocenters. The van der Waals surface area contributed by atoms with E-state index >= 15 is 0 Å². The Kier molecular flexibility index (Phi) is 4.94. The highest BCUT2D eigenvalue weighted by Gasteiger charge is 2.18. The zero-order valence-corrected chi connectivity index (χ0v) is 12.3. The zero-order valence-electron chi connectivity index (χ0n) is 12.3. The van der Waals surface area contributed by atoms with Gasteiger partial charge in [0.1, 0.15) is 5.82 Å². The summed E-state index contributed by atoms with van der Waals surface area (Å²) in [5.41, 5.74) is 2.32. The molecule has 2 rings (SSSR count). The summed E-state index contributed by atoms with van der Waals surface area (Å²) in [6.45, 7) is 5.24. The molecule has 0 radical (unpaired) electrons. The van der Waals surface area contributed by atoms with Crippen LogP contribution in [0.4, 0.5) is 4.39 Å². The minimum absolute atomic E-state index is 0.134. The fraction of sp³-hybridized carbons (Fsp3) is 0.625. The fourth-order valence-electron chi connectivity index (χ4n) is 2.89. The molecule has 0 amide bonds. The molecule has 0 saturated carbocycles. The van der Waals surface area contributed by atoms with Crippen LogP contribution in [0.3, 0.4) is 0 Å². The number of benzene rings is 1. The lowest BCUT2D eigenvalue weighted by Crippen LogP contribution is -2.30. The van der Waals surface area contributed by atoms with Gasteiger partial charge in [-0.2, -0.15) is 0 Å². The Hall–Kier alpha value is -0.930. The lowest BCUT2D eigenvalue weighted by atomic mass is 10.1. The summed E-state index contributed by atoms with van der Waals surface area (Å²) in [5.74, 6) is -0.134. The van der Waals surface area contributed by atoms with Crippen LogP contribution in [-0.4, -0.2) is 43.0 Å². The SMILES string of the molecule is Cc1cc(F)ccc1CN1CCCC(N(C)C)CC1. The van der Waals surface area contributed by atoms with Crippen molar-refractivity contribution in [2.24, 2.45) is 0 Å². The summed E-state index contributed by atoms with van der Waals surface area (Å²) in [5, 5.41) is 0. The zero-order chi connectivity index (χ0) is 13.8. The number of rotatable bonds is 3. The summed E-state index contributed by atoms with van der Waals surface area (Å²) in [7, 11) is 4.34. The fourth-order valence-corrected chi connectivity index (χ4v) is 2.89. The first-order valence-corrected chi connectivity index (χ1v) is 7.20. The Morgan fingerprint density at radius 3 is 2.74 bits per heavy atom. The minimum Gasteiger partial charge on any atom is -0.306 e. The van der Waals surface area contributed by atoms with Crippen LogP contribution in [-0.2, 0) is 6.54 Å². The van der Waals surface area contributed by atoms with E-state index in [0.717, 1.165) is 25.2 Å². The van der Waals surface area contributed by atoms with Crippen molar-refractivity contribution in [3.05, 3.63) is 35.1 Å². The van der Waals surface area contributed by atoms with Crippen LogP contribution in [0.15, 0.2) is 18.2 Å². The van der Waals surface area contributed by atoms with E-state index < -0.39 is 0 Å². The predicted octanol–water partition coefficient (Wildman–Crippen LogP) is 3.05. The van der Waals surface area contributed by atoms with E-state index in [2.05, 4.69) is 23.9 Å². The highest BCUT2D eigenvalue weighted by atomic mass is 19.1. The molecule has 106 valence electrons. The number of hydrogen-bond acceptors (Lipinski definition) is 2. The van der Waals surface area contributed by atoms with Crippen LogP contribution in [0.1, 0.15) is 30.4 Å². The van der Waals surface area contributed by atoms with Crippen molar-refractivity contribution in [3.8, 4) is 0 Å². The molecular formula is C16H25FN2. The number of hydrogen-bond donors (Lipinski definition) is 0. The molecule has 0 aliphatic carbocycles. The summed E-state index contributed by atoms with van der Waals surface area (Å²) in [6.07, 6.45) is 3.77. The van der Waals surface area contributed by atoms with Gasteiger partial charge in [-0.3, -0.25) is 4.90 Å². The molecule has 1 heterocycles. The lowest BCUT2D eigenvalue weighted by Gasteiger charge is -2.23. The second-order valence-electron chi connectivity index (χ2n) is 5.90. The van der Waals surface area contributed by atoms with Gasteiger partial charge in [0.25, 0.3) is 0 Å². The first-order valence-electron chi connectivity index (χ1n) is 7.20. The average Bonchev–Trinajstić information content (AvgIpc) is 2.58. The first kappa shape index (κ1) is 14.5. The van der Waals surface area contributed by atoms with E-state index in [4.69, 9.17) is 0 Å².